The van der Waals surface area contributed by atoms with Crippen molar-refractivity contribution in [3.05, 3.63) is 29.3 Å². The monoisotopic (exact) mass is 221 g/mol. The quantitative estimate of drug-likeness (QED) is 0.780. The van der Waals surface area contributed by atoms with Crippen LogP contribution < -0.4 is 10.1 Å². The van der Waals surface area contributed by atoms with Crippen LogP contribution in [0.4, 0.5) is 0 Å². The molecule has 1 unspecified atom stereocenters. The minimum absolute atomic E-state index is 0.222. The number of amides is 1. The first-order valence-corrected chi connectivity index (χ1v) is 5.03. The first-order chi connectivity index (χ1) is 7.60. The molecule has 0 heterocycles. The molecule has 1 aromatic rings. The highest BCUT2D eigenvalue weighted by atomic mass is 16.5. The average molecular weight is 221 g/mol. The summed E-state index contributed by atoms with van der Waals surface area (Å²) in [5.41, 5.74) is 1.29. The number of aldehydes is 1. The molecule has 1 atom stereocenters. The fraction of sp³-hybridized carbons (Fsp3) is 0.333. The summed E-state index contributed by atoms with van der Waals surface area (Å²) in [6, 6.07) is 5.27. The van der Waals surface area contributed by atoms with Gasteiger partial charge in [0, 0.05) is 7.05 Å². The van der Waals surface area contributed by atoms with Gasteiger partial charge in [-0.15, -0.1) is 0 Å². The summed E-state index contributed by atoms with van der Waals surface area (Å²) in [5.74, 6) is 0.244. The second kappa shape index (κ2) is 5.30. The van der Waals surface area contributed by atoms with E-state index in [9.17, 15) is 9.59 Å². The van der Waals surface area contributed by atoms with E-state index >= 15 is 0 Å². The van der Waals surface area contributed by atoms with Gasteiger partial charge in [-0.05, 0) is 25.5 Å². The summed E-state index contributed by atoms with van der Waals surface area (Å²) in [7, 11) is 1.54. The Kier molecular flexibility index (Phi) is 4.05. The summed E-state index contributed by atoms with van der Waals surface area (Å²) in [4.78, 5) is 22.1. The number of nitrogens with one attached hydrogen (secondary N) is 1. The Hall–Kier alpha value is -1.84. The van der Waals surface area contributed by atoms with E-state index in [1.165, 1.54) is 0 Å². The molecule has 0 spiro atoms. The molecule has 4 nitrogen and oxygen atoms in total. The fourth-order valence-corrected chi connectivity index (χ4v) is 1.36. The molecule has 86 valence electrons. The number of hydrogen-bond donors (Lipinski definition) is 1. The lowest BCUT2D eigenvalue weighted by Crippen LogP contribution is -2.34. The van der Waals surface area contributed by atoms with E-state index < -0.39 is 6.10 Å². The van der Waals surface area contributed by atoms with E-state index in [-0.39, 0.29) is 5.91 Å². The molecule has 0 aliphatic rings. The molecule has 0 bridgehead atoms. The van der Waals surface area contributed by atoms with E-state index in [2.05, 4.69) is 5.32 Å². The van der Waals surface area contributed by atoms with Gasteiger partial charge >= 0.3 is 0 Å². The van der Waals surface area contributed by atoms with Gasteiger partial charge in [-0.25, -0.2) is 0 Å². The predicted octanol–water partition coefficient (Wildman–Crippen LogP) is 1.32. The van der Waals surface area contributed by atoms with Gasteiger partial charge in [0.15, 0.2) is 12.4 Å². The lowest BCUT2D eigenvalue weighted by atomic mass is 10.1. The summed E-state index contributed by atoms with van der Waals surface area (Å²) < 4.78 is 5.48. The zero-order valence-electron chi connectivity index (χ0n) is 9.61. The van der Waals surface area contributed by atoms with Crippen molar-refractivity contribution in [2.24, 2.45) is 0 Å². The zero-order chi connectivity index (χ0) is 12.1. The Labute approximate surface area is 94.6 Å². The van der Waals surface area contributed by atoms with E-state index in [0.717, 1.165) is 11.8 Å². The van der Waals surface area contributed by atoms with Crippen molar-refractivity contribution in [2.75, 3.05) is 7.05 Å². The molecule has 1 amide bonds. The lowest BCUT2D eigenvalue weighted by Gasteiger charge is -2.16. The normalized spacial score (nSPS) is 11.7. The molecule has 0 aliphatic carbocycles. The van der Waals surface area contributed by atoms with Crippen molar-refractivity contribution in [3.63, 3.8) is 0 Å². The van der Waals surface area contributed by atoms with E-state index in [1.807, 2.05) is 13.0 Å². The predicted molar refractivity (Wildman–Crippen MR) is 60.7 cm³/mol. The summed E-state index contributed by atoms with van der Waals surface area (Å²) in [6.07, 6.45) is 0.101. The fourth-order valence-electron chi connectivity index (χ4n) is 1.36. The molecule has 0 aromatic heterocycles. The van der Waals surface area contributed by atoms with E-state index in [4.69, 9.17) is 4.74 Å². The first kappa shape index (κ1) is 12.2. The molecular weight excluding hydrogens is 206 g/mol. The van der Waals surface area contributed by atoms with Crippen LogP contribution in [0, 0.1) is 6.92 Å². The van der Waals surface area contributed by atoms with Crippen molar-refractivity contribution in [1.29, 1.82) is 0 Å². The van der Waals surface area contributed by atoms with Gasteiger partial charge in [-0.2, -0.15) is 0 Å². The van der Waals surface area contributed by atoms with Crippen molar-refractivity contribution in [1.82, 2.24) is 5.32 Å². The molecule has 4 heteroatoms. The third kappa shape index (κ3) is 2.59. The van der Waals surface area contributed by atoms with Crippen molar-refractivity contribution in [3.8, 4) is 5.75 Å². The first-order valence-electron chi connectivity index (χ1n) is 5.03. The molecule has 0 saturated heterocycles. The lowest BCUT2D eigenvalue weighted by molar-refractivity contribution is -0.126. The van der Waals surface area contributed by atoms with Crippen LogP contribution in [0.3, 0.4) is 0 Å². The molecular formula is C12H15NO3. The third-order valence-electron chi connectivity index (χ3n) is 2.28. The number of hydrogen-bond acceptors (Lipinski definition) is 3. The van der Waals surface area contributed by atoms with Crippen LogP contribution >= 0.6 is 0 Å². The second-order valence-electron chi connectivity index (χ2n) is 3.49. The SMILES string of the molecule is CNC(=O)C(C)Oc1c(C)cccc1C=O. The minimum Gasteiger partial charge on any atom is -0.480 e. The van der Waals surface area contributed by atoms with Crippen LogP contribution in [0.15, 0.2) is 18.2 Å². The Morgan fingerprint density at radius 3 is 2.75 bits per heavy atom. The molecule has 0 fully saturated rings. The Balaban J connectivity index is 2.96. The van der Waals surface area contributed by atoms with Crippen LogP contribution in [-0.4, -0.2) is 25.3 Å². The maximum atomic E-state index is 11.3. The number of aryl methyl sites for hydroxylation is 1. The zero-order valence-corrected chi connectivity index (χ0v) is 9.61. The molecule has 1 N–H and O–H groups in total. The van der Waals surface area contributed by atoms with E-state index in [0.29, 0.717) is 11.3 Å². The van der Waals surface area contributed by atoms with Gasteiger partial charge in [0.25, 0.3) is 5.91 Å². The van der Waals surface area contributed by atoms with Crippen molar-refractivity contribution in [2.45, 2.75) is 20.0 Å². The smallest absolute Gasteiger partial charge is 0.260 e. The average Bonchev–Trinajstić information content (AvgIpc) is 2.30. The second-order valence-corrected chi connectivity index (χ2v) is 3.49. The van der Waals surface area contributed by atoms with Crippen LogP contribution in [0.25, 0.3) is 0 Å². The molecule has 16 heavy (non-hydrogen) atoms. The molecule has 0 radical (unpaired) electrons. The van der Waals surface area contributed by atoms with Gasteiger partial charge in [0.1, 0.15) is 5.75 Å². The Bertz CT molecular complexity index is 401. The van der Waals surface area contributed by atoms with Gasteiger partial charge in [0.2, 0.25) is 0 Å². The van der Waals surface area contributed by atoms with Gasteiger partial charge < -0.3 is 10.1 Å². The minimum atomic E-state index is -0.621. The van der Waals surface area contributed by atoms with Crippen LogP contribution in [0.5, 0.6) is 5.75 Å². The number of benzene rings is 1. The number of carbonyl (C=O) groups excluding carboxylic acids is 2. The number of para-hydroxylation sites is 1. The summed E-state index contributed by atoms with van der Waals surface area (Å²) in [5, 5.41) is 2.49. The number of rotatable bonds is 4. The molecule has 0 aliphatic heterocycles. The molecule has 1 aromatic carbocycles. The largest absolute Gasteiger partial charge is 0.480 e. The van der Waals surface area contributed by atoms with Crippen LogP contribution in [0.2, 0.25) is 0 Å². The molecule has 1 rings (SSSR count). The highest BCUT2D eigenvalue weighted by molar-refractivity contribution is 5.82. The third-order valence-corrected chi connectivity index (χ3v) is 2.28. The highest BCUT2D eigenvalue weighted by Crippen LogP contribution is 2.22. The van der Waals surface area contributed by atoms with Gasteiger partial charge in [-0.3, -0.25) is 9.59 Å². The summed E-state index contributed by atoms with van der Waals surface area (Å²) in [6.45, 7) is 3.47. The van der Waals surface area contributed by atoms with Gasteiger partial charge in [0.05, 0.1) is 5.56 Å². The Morgan fingerprint density at radius 2 is 2.19 bits per heavy atom. The number of carbonyl (C=O) groups is 2. The van der Waals surface area contributed by atoms with Crippen molar-refractivity contribution < 1.29 is 14.3 Å². The maximum absolute atomic E-state index is 11.3. The van der Waals surface area contributed by atoms with Crippen LogP contribution in [0.1, 0.15) is 22.8 Å². The molecule has 0 saturated carbocycles. The number of ether oxygens (including phenoxy) is 1. The van der Waals surface area contributed by atoms with Gasteiger partial charge in [-0.1, -0.05) is 12.1 Å². The summed E-state index contributed by atoms with van der Waals surface area (Å²) >= 11 is 0. The standard InChI is InChI=1S/C12H15NO3/c1-8-5-4-6-10(7-14)11(8)16-9(2)12(15)13-3/h4-7,9H,1-3H3,(H,13,15). The Morgan fingerprint density at radius 1 is 1.50 bits per heavy atom. The maximum Gasteiger partial charge on any atom is 0.260 e. The topological polar surface area (TPSA) is 55.4 Å². The van der Waals surface area contributed by atoms with E-state index in [1.54, 1.807) is 26.1 Å². The van der Waals surface area contributed by atoms with Crippen LogP contribution in [-0.2, 0) is 4.79 Å². The highest BCUT2D eigenvalue weighted by Gasteiger charge is 2.15. The van der Waals surface area contributed by atoms with Crippen molar-refractivity contribution >= 4 is 12.2 Å². The number of likely N-dealkylation sites (N-methyl/N-ethyl adjacent to an activating group) is 1.